The predicted molar refractivity (Wildman–Crippen MR) is 187 cm³/mol. The van der Waals surface area contributed by atoms with E-state index in [9.17, 15) is 22.8 Å². The van der Waals surface area contributed by atoms with Crippen LogP contribution < -0.4 is 9.46 Å². The number of nitrogens with one attached hydrogen (secondary N) is 1. The zero-order valence-electron chi connectivity index (χ0n) is 28.9. The second-order valence-electron chi connectivity index (χ2n) is 13.6. The smallest absolute Gasteiger partial charge is 0.303 e. The number of rotatable bonds is 8. The van der Waals surface area contributed by atoms with Crippen molar-refractivity contribution in [2.75, 3.05) is 61.1 Å². The molecule has 49 heavy (non-hydrogen) atoms. The maximum Gasteiger partial charge on any atom is 0.303 e. The highest BCUT2D eigenvalue weighted by atomic mass is 32.2. The Morgan fingerprint density at radius 1 is 0.980 bits per heavy atom. The minimum absolute atomic E-state index is 0.0302. The van der Waals surface area contributed by atoms with Gasteiger partial charge in [0.1, 0.15) is 5.75 Å². The number of aromatic nitrogens is 1. The Labute approximate surface area is 288 Å². The van der Waals surface area contributed by atoms with E-state index in [1.165, 1.54) is 37.4 Å². The van der Waals surface area contributed by atoms with Gasteiger partial charge in [0.15, 0.2) is 0 Å². The maximum atomic E-state index is 14.3. The van der Waals surface area contributed by atoms with Crippen LogP contribution in [0.15, 0.2) is 36.4 Å². The molecular weight excluding hydrogens is 646 g/mol. The van der Waals surface area contributed by atoms with E-state index in [1.54, 1.807) is 31.2 Å². The molecule has 1 saturated carbocycles. The molecule has 264 valence electrons. The summed E-state index contributed by atoms with van der Waals surface area (Å²) in [4.78, 5) is 44.0. The lowest BCUT2D eigenvalue weighted by Gasteiger charge is -2.30. The van der Waals surface area contributed by atoms with E-state index in [-0.39, 0.29) is 29.8 Å². The van der Waals surface area contributed by atoms with Gasteiger partial charge in [-0.1, -0.05) is 31.7 Å². The van der Waals surface area contributed by atoms with Gasteiger partial charge in [0.2, 0.25) is 11.8 Å². The van der Waals surface area contributed by atoms with Gasteiger partial charge in [-0.25, -0.2) is 4.72 Å². The Hall–Kier alpha value is -3.94. The third-order valence-electron chi connectivity index (χ3n) is 10.2. The van der Waals surface area contributed by atoms with Crippen molar-refractivity contribution in [1.82, 2.24) is 23.4 Å². The topological polar surface area (TPSA) is 130 Å². The molecule has 3 aromatic rings. The fourth-order valence-electron chi connectivity index (χ4n) is 7.56. The molecule has 3 amide bonds. The van der Waals surface area contributed by atoms with Gasteiger partial charge in [0.05, 0.1) is 38.5 Å². The second kappa shape index (κ2) is 14.5. The summed E-state index contributed by atoms with van der Waals surface area (Å²) in [5, 5.41) is 1.000. The van der Waals surface area contributed by atoms with Gasteiger partial charge in [-0.05, 0) is 66.6 Å². The summed E-state index contributed by atoms with van der Waals surface area (Å²) in [6.45, 7) is 2.28. The summed E-state index contributed by atoms with van der Waals surface area (Å²) < 4.78 is 41.4. The number of carbonyl (C=O) groups is 3. The van der Waals surface area contributed by atoms with E-state index in [4.69, 9.17) is 9.47 Å². The maximum absolute atomic E-state index is 14.3. The van der Waals surface area contributed by atoms with E-state index in [1.807, 2.05) is 18.2 Å². The summed E-state index contributed by atoms with van der Waals surface area (Å²) >= 11 is 0. The number of methoxy groups -OCH3 is 1. The van der Waals surface area contributed by atoms with Gasteiger partial charge < -0.3 is 23.8 Å². The lowest BCUT2D eigenvalue weighted by molar-refractivity contribution is -0.143. The van der Waals surface area contributed by atoms with Crippen LogP contribution in [-0.2, 0) is 37.5 Å². The normalized spacial score (nSPS) is 18.7. The molecule has 3 heterocycles. The molecule has 6 rings (SSSR count). The Kier molecular flexibility index (Phi) is 10.3. The van der Waals surface area contributed by atoms with Gasteiger partial charge in [0.25, 0.3) is 5.91 Å². The van der Waals surface area contributed by atoms with Crippen LogP contribution in [0.2, 0.25) is 0 Å². The molecule has 1 aliphatic carbocycles. The Morgan fingerprint density at radius 3 is 2.37 bits per heavy atom. The molecule has 0 radical (unpaired) electrons. The van der Waals surface area contributed by atoms with Crippen molar-refractivity contribution in [2.24, 2.45) is 5.92 Å². The van der Waals surface area contributed by atoms with Crippen LogP contribution in [0.4, 0.5) is 0 Å². The number of fused-ring (bicyclic) bond motifs is 5. The van der Waals surface area contributed by atoms with Crippen LogP contribution in [0.25, 0.3) is 22.2 Å². The zero-order chi connectivity index (χ0) is 34.9. The summed E-state index contributed by atoms with van der Waals surface area (Å²) in [7, 11) is 2.02. The van der Waals surface area contributed by atoms with Crippen LogP contribution in [-0.4, -0.2) is 106 Å². The number of amides is 3. The number of benzene rings is 2. The van der Waals surface area contributed by atoms with E-state index in [2.05, 4.69) is 15.4 Å². The van der Waals surface area contributed by atoms with Crippen molar-refractivity contribution < 1.29 is 32.3 Å². The summed E-state index contributed by atoms with van der Waals surface area (Å²) in [6.07, 6.45) is 7.14. The minimum Gasteiger partial charge on any atom is -0.497 e. The molecule has 12 nitrogen and oxygen atoms in total. The third kappa shape index (κ3) is 7.20. The molecule has 13 heteroatoms. The Bertz CT molecular complexity index is 1840. The number of carbonyl (C=O) groups excluding carboxylic acids is 3. The van der Waals surface area contributed by atoms with E-state index in [0.29, 0.717) is 45.0 Å². The average molecular weight is 694 g/mol. The SMILES string of the molecule is COc1ccc2c(c1)CC(C(=O)N(C)CC(=O)N1CCOCC1)Cn1c-2c(C2CCCCCC2)c2ccc(C(=O)NS(=O)(=O)N(C)C)cc21. The first kappa shape index (κ1) is 34.9. The van der Waals surface area contributed by atoms with Crippen molar-refractivity contribution in [3.63, 3.8) is 0 Å². The highest BCUT2D eigenvalue weighted by Gasteiger charge is 2.35. The van der Waals surface area contributed by atoms with Gasteiger partial charge in [-0.15, -0.1) is 0 Å². The molecule has 1 unspecified atom stereocenters. The number of ether oxygens (including phenoxy) is 2. The number of morpholine rings is 1. The number of hydrogen-bond donors (Lipinski definition) is 1. The highest BCUT2D eigenvalue weighted by Crippen LogP contribution is 2.47. The number of hydrogen-bond acceptors (Lipinski definition) is 7. The van der Waals surface area contributed by atoms with Crippen molar-refractivity contribution in [1.29, 1.82) is 0 Å². The first-order valence-corrected chi connectivity index (χ1v) is 18.6. The van der Waals surface area contributed by atoms with Crippen molar-refractivity contribution in [3.8, 4) is 17.0 Å². The fourth-order valence-corrected chi connectivity index (χ4v) is 8.10. The highest BCUT2D eigenvalue weighted by molar-refractivity contribution is 7.87. The molecule has 0 bridgehead atoms. The lowest BCUT2D eigenvalue weighted by atomic mass is 9.86. The standard InChI is InChI=1S/C36H47N5O7S/c1-38(2)49(45,46)37-35(43)25-11-13-30-31(21-25)41-22-27(36(44)39(3)23-32(42)40-15-17-48-18-16-40)19-26-20-28(47-4)12-14-29(26)34(41)33(30)24-9-7-5-6-8-10-24/h11-14,20-21,24,27H,5-10,15-19,22-23H2,1-4H3,(H,37,43). The summed E-state index contributed by atoms with van der Waals surface area (Å²) in [6, 6.07) is 11.4. The molecule has 1 N–H and O–H groups in total. The number of nitrogens with zero attached hydrogens (tertiary/aromatic N) is 4. The van der Waals surface area contributed by atoms with Gasteiger partial charge in [0, 0.05) is 62.8 Å². The van der Waals surface area contributed by atoms with Crippen molar-refractivity contribution >= 4 is 38.8 Å². The molecule has 1 aromatic heterocycles. The quantitative estimate of drug-likeness (QED) is 0.356. The summed E-state index contributed by atoms with van der Waals surface area (Å²) in [5.74, 6) is -0.518. The predicted octanol–water partition coefficient (Wildman–Crippen LogP) is 3.78. The van der Waals surface area contributed by atoms with Crippen LogP contribution >= 0.6 is 0 Å². The average Bonchev–Trinajstić information content (AvgIpc) is 3.25. The molecule has 2 aliphatic heterocycles. The second-order valence-corrected chi connectivity index (χ2v) is 15.5. The van der Waals surface area contributed by atoms with Crippen LogP contribution in [0.3, 0.4) is 0 Å². The van der Waals surface area contributed by atoms with Crippen LogP contribution in [0, 0.1) is 5.92 Å². The molecule has 0 spiro atoms. The lowest BCUT2D eigenvalue weighted by Crippen LogP contribution is -2.47. The largest absolute Gasteiger partial charge is 0.497 e. The monoisotopic (exact) mass is 693 g/mol. The Balaban J connectivity index is 1.47. The van der Waals surface area contributed by atoms with E-state index >= 15 is 0 Å². The van der Waals surface area contributed by atoms with Crippen molar-refractivity contribution in [2.45, 2.75) is 57.4 Å². The van der Waals surface area contributed by atoms with Crippen LogP contribution in [0.5, 0.6) is 5.75 Å². The van der Waals surface area contributed by atoms with Gasteiger partial charge >= 0.3 is 10.2 Å². The molecule has 1 atom stereocenters. The molecule has 2 aromatic carbocycles. The van der Waals surface area contributed by atoms with Gasteiger partial charge in [-0.3, -0.25) is 14.4 Å². The third-order valence-corrected chi connectivity index (χ3v) is 11.6. The zero-order valence-corrected chi connectivity index (χ0v) is 29.7. The Morgan fingerprint density at radius 2 is 1.69 bits per heavy atom. The van der Waals surface area contributed by atoms with Crippen LogP contribution in [0.1, 0.15) is 65.9 Å². The van der Waals surface area contributed by atoms with Gasteiger partial charge in [-0.2, -0.15) is 12.7 Å². The molecule has 3 aliphatic rings. The van der Waals surface area contributed by atoms with E-state index < -0.39 is 22.0 Å². The molecular formula is C36H47N5O7S. The van der Waals surface area contributed by atoms with E-state index in [0.717, 1.165) is 57.7 Å². The molecule has 2 fully saturated rings. The minimum atomic E-state index is -4.01. The fraction of sp³-hybridized carbons (Fsp3) is 0.528. The van der Waals surface area contributed by atoms with Crippen molar-refractivity contribution in [3.05, 3.63) is 53.1 Å². The molecule has 1 saturated heterocycles. The first-order chi connectivity index (χ1) is 23.5. The first-order valence-electron chi connectivity index (χ1n) is 17.2. The summed E-state index contributed by atoms with van der Waals surface area (Å²) in [5.41, 5.74) is 5.22. The number of likely N-dealkylation sites (N-methyl/N-ethyl adjacent to an activating group) is 1.